The molecule has 3 nitrogen and oxygen atoms in total. The number of hydrogen-bond acceptors (Lipinski definition) is 2. The Hall–Kier alpha value is -1.47. The molecular weight excluding hydrogens is 418 g/mol. The van der Waals surface area contributed by atoms with Crippen LogP contribution in [0.2, 0.25) is 0 Å². The summed E-state index contributed by atoms with van der Waals surface area (Å²) in [6.07, 6.45) is 0.955. The predicted molar refractivity (Wildman–Crippen MR) is 101 cm³/mol. The molecule has 126 valence electrons. The number of nitrogens with zero attached hydrogens (tertiary/aromatic N) is 2. The summed E-state index contributed by atoms with van der Waals surface area (Å²) in [5.74, 6) is -0.0963. The molecular formula is C19H20FIN2O. The molecule has 2 aromatic rings. The molecule has 24 heavy (non-hydrogen) atoms. The molecule has 0 radical (unpaired) electrons. The largest absolute Gasteiger partial charge is 0.337 e. The zero-order valence-electron chi connectivity index (χ0n) is 13.4. The smallest absolute Gasteiger partial charge is 0.253 e. The van der Waals surface area contributed by atoms with Gasteiger partial charge in [-0.15, -0.1) is 0 Å². The van der Waals surface area contributed by atoms with Gasteiger partial charge >= 0.3 is 0 Å². The number of amides is 1. The SMILES string of the molecule is O=C(c1cccc(I)c1)N1CCCN(Cc2ccc(F)cc2)CC1. The first-order valence-corrected chi connectivity index (χ1v) is 9.21. The molecule has 3 rings (SSSR count). The summed E-state index contributed by atoms with van der Waals surface area (Å²) in [5.41, 5.74) is 1.86. The van der Waals surface area contributed by atoms with Crippen LogP contribution in [-0.2, 0) is 6.54 Å². The fourth-order valence-corrected chi connectivity index (χ4v) is 3.53. The average molecular weight is 438 g/mol. The summed E-state index contributed by atoms with van der Waals surface area (Å²) >= 11 is 2.23. The van der Waals surface area contributed by atoms with E-state index in [0.29, 0.717) is 0 Å². The first-order chi connectivity index (χ1) is 11.6. The minimum absolute atomic E-state index is 0.108. The maximum atomic E-state index is 13.0. The van der Waals surface area contributed by atoms with Crippen LogP contribution in [0.5, 0.6) is 0 Å². The van der Waals surface area contributed by atoms with E-state index in [-0.39, 0.29) is 11.7 Å². The number of hydrogen-bond donors (Lipinski definition) is 0. The van der Waals surface area contributed by atoms with E-state index in [1.807, 2.05) is 41.3 Å². The number of benzene rings is 2. The van der Waals surface area contributed by atoms with E-state index in [2.05, 4.69) is 27.5 Å². The first-order valence-electron chi connectivity index (χ1n) is 8.13. The van der Waals surface area contributed by atoms with Crippen LogP contribution in [0.1, 0.15) is 22.3 Å². The Bertz CT molecular complexity index is 705. The Morgan fingerprint density at radius 2 is 1.83 bits per heavy atom. The fraction of sp³-hybridized carbons (Fsp3) is 0.316. The van der Waals surface area contributed by atoms with Gasteiger partial charge in [0.2, 0.25) is 0 Å². The third-order valence-electron chi connectivity index (χ3n) is 4.27. The summed E-state index contributed by atoms with van der Waals surface area (Å²) < 4.78 is 14.1. The van der Waals surface area contributed by atoms with E-state index in [4.69, 9.17) is 0 Å². The topological polar surface area (TPSA) is 23.6 Å². The van der Waals surface area contributed by atoms with Crippen molar-refractivity contribution in [2.24, 2.45) is 0 Å². The van der Waals surface area contributed by atoms with Gasteiger partial charge in [-0.2, -0.15) is 0 Å². The lowest BCUT2D eigenvalue weighted by Gasteiger charge is -2.22. The highest BCUT2D eigenvalue weighted by atomic mass is 127. The van der Waals surface area contributed by atoms with Gasteiger partial charge in [0.25, 0.3) is 5.91 Å². The highest BCUT2D eigenvalue weighted by Crippen LogP contribution is 2.14. The summed E-state index contributed by atoms with van der Waals surface area (Å²) in [5, 5.41) is 0. The standard InChI is InChI=1S/C19H20FIN2O/c20-17-7-5-15(6-8-17)14-22-9-2-10-23(12-11-22)19(24)16-3-1-4-18(21)13-16/h1,3-8,13H,2,9-12,14H2. The molecule has 1 fully saturated rings. The van der Waals surface area contributed by atoms with Crippen LogP contribution < -0.4 is 0 Å². The maximum Gasteiger partial charge on any atom is 0.253 e. The molecule has 0 N–H and O–H groups in total. The molecule has 1 aliphatic heterocycles. The van der Waals surface area contributed by atoms with E-state index in [1.54, 1.807) is 0 Å². The normalized spacial score (nSPS) is 16.0. The molecule has 0 aromatic heterocycles. The fourth-order valence-electron chi connectivity index (χ4n) is 2.98. The van der Waals surface area contributed by atoms with Crippen molar-refractivity contribution in [3.05, 3.63) is 69.0 Å². The number of halogens is 2. The lowest BCUT2D eigenvalue weighted by Crippen LogP contribution is -2.35. The van der Waals surface area contributed by atoms with Gasteiger partial charge in [0.1, 0.15) is 5.82 Å². The molecule has 0 unspecified atom stereocenters. The third kappa shape index (κ3) is 4.54. The Balaban J connectivity index is 1.60. The molecule has 1 aliphatic rings. The van der Waals surface area contributed by atoms with Crippen LogP contribution in [0.4, 0.5) is 4.39 Å². The zero-order chi connectivity index (χ0) is 16.9. The highest BCUT2D eigenvalue weighted by molar-refractivity contribution is 14.1. The number of carbonyl (C=O) groups excluding carboxylic acids is 1. The number of rotatable bonds is 3. The molecule has 5 heteroatoms. The summed E-state index contributed by atoms with van der Waals surface area (Å²) in [6.45, 7) is 4.10. The molecule has 0 atom stereocenters. The number of carbonyl (C=O) groups is 1. The van der Waals surface area contributed by atoms with Gasteiger partial charge in [0.05, 0.1) is 0 Å². The maximum absolute atomic E-state index is 13.0. The van der Waals surface area contributed by atoms with Crippen molar-refractivity contribution in [2.45, 2.75) is 13.0 Å². The van der Waals surface area contributed by atoms with Gasteiger partial charge in [-0.3, -0.25) is 9.69 Å². The highest BCUT2D eigenvalue weighted by Gasteiger charge is 2.20. The summed E-state index contributed by atoms with van der Waals surface area (Å²) in [4.78, 5) is 16.9. The summed E-state index contributed by atoms with van der Waals surface area (Å²) in [6, 6.07) is 14.4. The van der Waals surface area contributed by atoms with Gasteiger partial charge in [0.15, 0.2) is 0 Å². The van der Waals surface area contributed by atoms with E-state index < -0.39 is 0 Å². The van der Waals surface area contributed by atoms with Crippen LogP contribution >= 0.6 is 22.6 Å². The van der Waals surface area contributed by atoms with Gasteiger partial charge < -0.3 is 4.90 Å². The van der Waals surface area contributed by atoms with Crippen molar-refractivity contribution in [3.8, 4) is 0 Å². The Kier molecular flexibility index (Phi) is 5.84. The Morgan fingerprint density at radius 1 is 1.04 bits per heavy atom. The molecule has 1 saturated heterocycles. The molecule has 2 aromatic carbocycles. The van der Waals surface area contributed by atoms with Crippen molar-refractivity contribution in [1.29, 1.82) is 0 Å². The van der Waals surface area contributed by atoms with Crippen LogP contribution in [0, 0.1) is 9.39 Å². The second-order valence-electron chi connectivity index (χ2n) is 6.06. The molecule has 0 saturated carbocycles. The van der Waals surface area contributed by atoms with Crippen LogP contribution in [0.3, 0.4) is 0 Å². The average Bonchev–Trinajstić information content (AvgIpc) is 2.82. The zero-order valence-corrected chi connectivity index (χ0v) is 15.6. The molecule has 0 bridgehead atoms. The van der Waals surface area contributed by atoms with Crippen molar-refractivity contribution >= 4 is 28.5 Å². The second kappa shape index (κ2) is 8.07. The van der Waals surface area contributed by atoms with Gasteiger partial charge in [-0.25, -0.2) is 4.39 Å². The Labute approximate surface area is 155 Å². The van der Waals surface area contributed by atoms with Gasteiger partial charge in [-0.05, 0) is 64.9 Å². The lowest BCUT2D eigenvalue weighted by atomic mass is 10.2. The predicted octanol–water partition coefficient (Wildman–Crippen LogP) is 3.78. The van der Waals surface area contributed by atoms with Crippen molar-refractivity contribution in [3.63, 3.8) is 0 Å². The molecule has 0 spiro atoms. The van der Waals surface area contributed by atoms with Crippen LogP contribution in [-0.4, -0.2) is 41.9 Å². The Morgan fingerprint density at radius 3 is 2.58 bits per heavy atom. The van der Waals surface area contributed by atoms with E-state index in [9.17, 15) is 9.18 Å². The van der Waals surface area contributed by atoms with Crippen molar-refractivity contribution < 1.29 is 9.18 Å². The van der Waals surface area contributed by atoms with Gasteiger partial charge in [0, 0.05) is 41.9 Å². The summed E-state index contributed by atoms with van der Waals surface area (Å²) in [7, 11) is 0. The molecule has 1 heterocycles. The third-order valence-corrected chi connectivity index (χ3v) is 4.94. The van der Waals surface area contributed by atoms with E-state index >= 15 is 0 Å². The van der Waals surface area contributed by atoms with Crippen LogP contribution in [0.15, 0.2) is 48.5 Å². The lowest BCUT2D eigenvalue weighted by molar-refractivity contribution is 0.0761. The van der Waals surface area contributed by atoms with Crippen molar-refractivity contribution in [1.82, 2.24) is 9.80 Å². The molecule has 0 aliphatic carbocycles. The minimum atomic E-state index is -0.205. The minimum Gasteiger partial charge on any atom is -0.337 e. The van der Waals surface area contributed by atoms with Crippen LogP contribution in [0.25, 0.3) is 0 Å². The van der Waals surface area contributed by atoms with E-state index in [1.165, 1.54) is 12.1 Å². The monoisotopic (exact) mass is 438 g/mol. The van der Waals surface area contributed by atoms with Crippen molar-refractivity contribution in [2.75, 3.05) is 26.2 Å². The molecule has 1 amide bonds. The quantitative estimate of drug-likeness (QED) is 0.682. The van der Waals surface area contributed by atoms with E-state index in [0.717, 1.165) is 53.8 Å². The van der Waals surface area contributed by atoms with Gasteiger partial charge in [-0.1, -0.05) is 18.2 Å². The first kappa shape index (κ1) is 17.4. The second-order valence-corrected chi connectivity index (χ2v) is 7.30.